The highest BCUT2D eigenvalue weighted by atomic mass is 16.5. The van der Waals surface area contributed by atoms with Gasteiger partial charge in [-0.1, -0.05) is 0 Å². The number of hydrogen-bond acceptors (Lipinski definition) is 4. The topological polar surface area (TPSA) is 53.0 Å². The molecular weight excluding hydrogens is 256 g/mol. The van der Waals surface area contributed by atoms with E-state index in [1.54, 1.807) is 0 Å². The van der Waals surface area contributed by atoms with Crippen LogP contribution in [0.1, 0.15) is 32.1 Å². The van der Waals surface area contributed by atoms with E-state index in [4.69, 9.17) is 4.74 Å². The molecular formula is C15H28N2O3. The SMILES string of the molecule is CN(CC1(C(=O)O)CCCOC1)CC1(N(C)C)CCC1. The average Bonchev–Trinajstić information content (AvgIpc) is 2.34. The molecule has 0 spiro atoms. The van der Waals surface area contributed by atoms with Gasteiger partial charge in [0.2, 0.25) is 0 Å². The second-order valence-electron chi connectivity index (χ2n) is 6.89. The van der Waals surface area contributed by atoms with Gasteiger partial charge in [0.1, 0.15) is 5.41 Å². The maximum atomic E-state index is 11.7. The molecule has 0 amide bonds. The fourth-order valence-corrected chi connectivity index (χ4v) is 3.62. The van der Waals surface area contributed by atoms with Crippen LogP contribution in [-0.4, -0.2) is 73.9 Å². The number of carboxylic acids is 1. The van der Waals surface area contributed by atoms with E-state index in [0.29, 0.717) is 19.8 Å². The Morgan fingerprint density at radius 1 is 1.15 bits per heavy atom. The fraction of sp³-hybridized carbons (Fsp3) is 0.933. The second-order valence-corrected chi connectivity index (χ2v) is 6.89. The van der Waals surface area contributed by atoms with Crippen LogP contribution in [0, 0.1) is 5.41 Å². The van der Waals surface area contributed by atoms with Crippen molar-refractivity contribution in [3.05, 3.63) is 0 Å². The maximum Gasteiger partial charge on any atom is 0.313 e. The number of rotatable bonds is 6. The van der Waals surface area contributed by atoms with Crippen molar-refractivity contribution in [3.8, 4) is 0 Å². The molecule has 1 atom stereocenters. The van der Waals surface area contributed by atoms with Crippen molar-refractivity contribution in [1.82, 2.24) is 9.80 Å². The monoisotopic (exact) mass is 284 g/mol. The molecule has 0 aromatic rings. The van der Waals surface area contributed by atoms with Crippen molar-refractivity contribution in [3.63, 3.8) is 0 Å². The van der Waals surface area contributed by atoms with Crippen LogP contribution in [0.15, 0.2) is 0 Å². The molecule has 0 aromatic heterocycles. The first-order valence-corrected chi connectivity index (χ1v) is 7.57. The summed E-state index contributed by atoms with van der Waals surface area (Å²) in [5, 5.41) is 9.60. The van der Waals surface area contributed by atoms with Crippen molar-refractivity contribution >= 4 is 5.97 Å². The first-order valence-electron chi connectivity index (χ1n) is 7.57. The van der Waals surface area contributed by atoms with Crippen molar-refractivity contribution < 1.29 is 14.6 Å². The zero-order valence-electron chi connectivity index (χ0n) is 13.0. The Bertz CT molecular complexity index is 347. The number of likely N-dealkylation sites (N-methyl/N-ethyl adjacent to an activating group) is 2. The van der Waals surface area contributed by atoms with Crippen LogP contribution in [0.4, 0.5) is 0 Å². The van der Waals surface area contributed by atoms with Gasteiger partial charge in [0.25, 0.3) is 0 Å². The smallest absolute Gasteiger partial charge is 0.313 e. The molecule has 20 heavy (non-hydrogen) atoms. The van der Waals surface area contributed by atoms with Crippen molar-refractivity contribution in [1.29, 1.82) is 0 Å². The lowest BCUT2D eigenvalue weighted by atomic mass is 9.74. The summed E-state index contributed by atoms with van der Waals surface area (Å²) in [4.78, 5) is 16.2. The van der Waals surface area contributed by atoms with E-state index in [1.165, 1.54) is 19.3 Å². The third-order valence-corrected chi connectivity index (χ3v) is 5.15. The van der Waals surface area contributed by atoms with Gasteiger partial charge >= 0.3 is 5.97 Å². The minimum Gasteiger partial charge on any atom is -0.481 e. The van der Waals surface area contributed by atoms with Gasteiger partial charge in [-0.15, -0.1) is 0 Å². The van der Waals surface area contributed by atoms with Gasteiger partial charge in [-0.3, -0.25) is 4.79 Å². The van der Waals surface area contributed by atoms with Crippen LogP contribution in [0.3, 0.4) is 0 Å². The number of ether oxygens (including phenoxy) is 1. The molecule has 2 rings (SSSR count). The zero-order valence-corrected chi connectivity index (χ0v) is 13.0. The number of carbonyl (C=O) groups is 1. The summed E-state index contributed by atoms with van der Waals surface area (Å²) in [6, 6.07) is 0. The molecule has 1 heterocycles. The lowest BCUT2D eigenvalue weighted by molar-refractivity contribution is -0.159. The molecule has 0 bridgehead atoms. The highest BCUT2D eigenvalue weighted by Gasteiger charge is 2.44. The quantitative estimate of drug-likeness (QED) is 0.796. The molecule has 1 saturated carbocycles. The predicted octanol–water partition coefficient (Wildman–Crippen LogP) is 1.28. The molecule has 5 nitrogen and oxygen atoms in total. The van der Waals surface area contributed by atoms with E-state index in [1.807, 2.05) is 7.05 Å². The minimum atomic E-state index is -0.718. The van der Waals surface area contributed by atoms with Gasteiger partial charge in [0, 0.05) is 25.2 Å². The molecule has 2 aliphatic rings. The van der Waals surface area contributed by atoms with E-state index in [-0.39, 0.29) is 5.54 Å². The molecule has 1 aliphatic heterocycles. The van der Waals surface area contributed by atoms with Crippen LogP contribution >= 0.6 is 0 Å². The molecule has 116 valence electrons. The number of hydrogen-bond donors (Lipinski definition) is 1. The molecule has 1 unspecified atom stereocenters. The first-order chi connectivity index (χ1) is 9.40. The van der Waals surface area contributed by atoms with Crippen molar-refractivity contribution in [2.75, 3.05) is 47.4 Å². The maximum absolute atomic E-state index is 11.7. The summed E-state index contributed by atoms with van der Waals surface area (Å²) in [6.45, 7) is 2.56. The Morgan fingerprint density at radius 2 is 1.85 bits per heavy atom. The standard InChI is InChI=1S/C15H28N2O3/c1-16(2)15(7-4-8-15)11-17(3)10-14(13(18)19)6-5-9-20-12-14/h4-12H2,1-3H3,(H,18,19). The fourth-order valence-electron chi connectivity index (χ4n) is 3.62. The van der Waals surface area contributed by atoms with E-state index in [2.05, 4.69) is 23.9 Å². The zero-order chi connectivity index (χ0) is 14.8. The molecule has 1 N–H and O–H groups in total. The molecule has 0 aromatic carbocycles. The summed E-state index contributed by atoms with van der Waals surface area (Å²) in [5.41, 5.74) is -0.478. The third kappa shape index (κ3) is 3.00. The Hall–Kier alpha value is -0.650. The third-order valence-electron chi connectivity index (χ3n) is 5.15. The van der Waals surface area contributed by atoms with Crippen LogP contribution in [0.5, 0.6) is 0 Å². The Morgan fingerprint density at radius 3 is 2.25 bits per heavy atom. The second kappa shape index (κ2) is 6.00. The number of carboxylic acid groups (broad SMARTS) is 1. The molecule has 0 radical (unpaired) electrons. The largest absolute Gasteiger partial charge is 0.481 e. The molecule has 1 saturated heterocycles. The highest BCUT2D eigenvalue weighted by Crippen LogP contribution is 2.38. The van der Waals surface area contributed by atoms with E-state index >= 15 is 0 Å². The summed E-state index contributed by atoms with van der Waals surface area (Å²) in [7, 11) is 6.30. The van der Waals surface area contributed by atoms with Gasteiger partial charge in [0.15, 0.2) is 0 Å². The summed E-state index contributed by atoms with van der Waals surface area (Å²) in [6.07, 6.45) is 5.27. The summed E-state index contributed by atoms with van der Waals surface area (Å²) < 4.78 is 5.45. The summed E-state index contributed by atoms with van der Waals surface area (Å²) >= 11 is 0. The molecule has 2 fully saturated rings. The Kier molecular flexibility index (Phi) is 4.72. The van der Waals surface area contributed by atoms with Gasteiger partial charge in [-0.05, 0) is 53.2 Å². The van der Waals surface area contributed by atoms with Gasteiger partial charge in [-0.2, -0.15) is 0 Å². The first kappa shape index (κ1) is 15.7. The van der Waals surface area contributed by atoms with Gasteiger partial charge < -0.3 is 19.6 Å². The molecule has 5 heteroatoms. The van der Waals surface area contributed by atoms with Gasteiger partial charge in [0.05, 0.1) is 6.61 Å². The lowest BCUT2D eigenvalue weighted by Gasteiger charge is -2.50. The van der Waals surface area contributed by atoms with Crippen LogP contribution in [0.2, 0.25) is 0 Å². The van der Waals surface area contributed by atoms with E-state index in [9.17, 15) is 9.90 Å². The van der Waals surface area contributed by atoms with Crippen LogP contribution < -0.4 is 0 Å². The number of nitrogens with zero attached hydrogens (tertiary/aromatic N) is 2. The van der Waals surface area contributed by atoms with E-state index < -0.39 is 11.4 Å². The predicted molar refractivity (Wildman–Crippen MR) is 77.9 cm³/mol. The van der Waals surface area contributed by atoms with Crippen LogP contribution in [0.25, 0.3) is 0 Å². The van der Waals surface area contributed by atoms with E-state index in [0.717, 1.165) is 19.4 Å². The van der Waals surface area contributed by atoms with Crippen LogP contribution in [-0.2, 0) is 9.53 Å². The van der Waals surface area contributed by atoms with Crippen molar-refractivity contribution in [2.45, 2.75) is 37.6 Å². The number of aliphatic carboxylic acids is 1. The van der Waals surface area contributed by atoms with Gasteiger partial charge in [-0.25, -0.2) is 0 Å². The van der Waals surface area contributed by atoms with Crippen molar-refractivity contribution in [2.24, 2.45) is 5.41 Å². The lowest BCUT2D eigenvalue weighted by Crippen LogP contribution is -2.58. The average molecular weight is 284 g/mol. The normalized spacial score (nSPS) is 29.4. The minimum absolute atomic E-state index is 0.240. The highest BCUT2D eigenvalue weighted by molar-refractivity contribution is 5.75. The molecule has 1 aliphatic carbocycles. The Labute approximate surface area is 121 Å². The Balaban J connectivity index is 1.98. The summed E-state index contributed by atoms with van der Waals surface area (Å²) in [5.74, 6) is -0.712.